The normalized spacial score (nSPS) is 22.1. The number of aromatic nitrogens is 1. The Morgan fingerprint density at radius 1 is 1.48 bits per heavy atom. The summed E-state index contributed by atoms with van der Waals surface area (Å²) in [5.74, 6) is -0.277. The van der Waals surface area contributed by atoms with Gasteiger partial charge in [0.25, 0.3) is 5.70 Å². The second kappa shape index (κ2) is 6.83. The Kier molecular flexibility index (Phi) is 5.10. The van der Waals surface area contributed by atoms with Crippen LogP contribution in [0.1, 0.15) is 17.3 Å². The fourth-order valence-corrected chi connectivity index (χ4v) is 2.35. The van der Waals surface area contributed by atoms with Crippen LogP contribution in [0.5, 0.6) is 0 Å². The zero-order valence-electron chi connectivity index (χ0n) is 10.7. The molecule has 0 saturated carbocycles. The summed E-state index contributed by atoms with van der Waals surface area (Å²) in [6.07, 6.45) is 7.04. The van der Waals surface area contributed by atoms with Crippen molar-refractivity contribution in [3.63, 3.8) is 0 Å². The Morgan fingerprint density at radius 2 is 2.19 bits per heavy atom. The Balaban J connectivity index is 0.000000361. The van der Waals surface area contributed by atoms with Crippen LogP contribution in [-0.4, -0.2) is 24.5 Å². The number of nitro groups is 1. The molecule has 0 bridgehead atoms. The predicted octanol–water partition coefficient (Wildman–Crippen LogP) is 1.08. The molecule has 2 aliphatic rings. The van der Waals surface area contributed by atoms with E-state index >= 15 is 0 Å². The fourth-order valence-electron chi connectivity index (χ4n) is 2.35. The number of hydrogen-bond acceptors (Lipinski definition) is 4. The summed E-state index contributed by atoms with van der Waals surface area (Å²) in [5.41, 5.74) is 1.85. The molecule has 0 aromatic carbocycles. The van der Waals surface area contributed by atoms with Gasteiger partial charge >= 0.3 is 27.5 Å². The van der Waals surface area contributed by atoms with E-state index in [1.165, 1.54) is 0 Å². The summed E-state index contributed by atoms with van der Waals surface area (Å²) < 4.78 is 23.2. The summed E-state index contributed by atoms with van der Waals surface area (Å²) >= 11 is -3.44. The third-order valence-electron chi connectivity index (χ3n) is 3.10. The first kappa shape index (κ1) is 15.7. The van der Waals surface area contributed by atoms with Gasteiger partial charge in [-0.2, -0.15) is 0 Å². The van der Waals surface area contributed by atoms with E-state index in [0.29, 0.717) is 6.54 Å². The van der Waals surface area contributed by atoms with E-state index in [0.717, 1.165) is 11.3 Å². The zero-order chi connectivity index (χ0) is 15.4. The zero-order valence-corrected chi connectivity index (χ0v) is 12.1. The van der Waals surface area contributed by atoms with Crippen LogP contribution < -0.4 is 0 Å². The van der Waals surface area contributed by atoms with E-state index in [-0.39, 0.29) is 22.6 Å². The van der Waals surface area contributed by atoms with Gasteiger partial charge < -0.3 is 5.32 Å². The summed E-state index contributed by atoms with van der Waals surface area (Å²) in [6, 6.07) is 3.42. The van der Waals surface area contributed by atoms with Crippen LogP contribution in [0, 0.1) is 16.0 Å². The number of nitrogens with zero attached hydrogens (tertiary/aromatic N) is 3. The van der Waals surface area contributed by atoms with Gasteiger partial charge in [0.15, 0.2) is 0 Å². The average Bonchev–Trinajstić information content (AvgIpc) is 2.45. The molecule has 9 heteroatoms. The molecular weight excluding hydrogens is 317 g/mol. The topological polar surface area (TPSA) is 128 Å². The molecule has 2 heterocycles. The Bertz CT molecular complexity index is 627. The van der Waals surface area contributed by atoms with Crippen molar-refractivity contribution in [1.29, 1.82) is 0 Å². The molecule has 0 radical (unpaired) electrons. The first-order valence-electron chi connectivity index (χ1n) is 6.00. The Hall–Kier alpha value is -1.71. The maximum atomic E-state index is 11.1. The first-order valence-corrected chi connectivity index (χ1v) is 7.82. The number of rotatable bonds is 1. The average molecular weight is 329 g/mol. The quantitative estimate of drug-likeness (QED) is 0.451. The first-order chi connectivity index (χ1) is 10.0. The molecular formula is C12H12N3O5V-. The summed E-state index contributed by atoms with van der Waals surface area (Å²) in [5, 5.41) is 15.5. The molecule has 1 aromatic rings. The van der Waals surface area contributed by atoms with Crippen LogP contribution in [0.15, 0.2) is 36.2 Å². The Morgan fingerprint density at radius 3 is 2.86 bits per heavy atom. The minimum atomic E-state index is -3.44. The van der Waals surface area contributed by atoms with Crippen LogP contribution in [0.25, 0.3) is 11.4 Å². The molecule has 0 amide bonds. The van der Waals surface area contributed by atoms with E-state index in [1.54, 1.807) is 18.3 Å². The third kappa shape index (κ3) is 3.69. The van der Waals surface area contributed by atoms with Crippen LogP contribution >= 0.6 is 0 Å². The predicted molar refractivity (Wildman–Crippen MR) is 67.9 cm³/mol. The van der Waals surface area contributed by atoms with Crippen molar-refractivity contribution >= 4 is 6.08 Å². The maximum absolute atomic E-state index is 11.1. The SMILES string of the molecule is O=[N+]([O-])C1=Cc2cccnc2C2[N-]CC=CC12.[O]=[V]([OH])[OH]. The Labute approximate surface area is 125 Å². The molecule has 2 atom stereocenters. The van der Waals surface area contributed by atoms with Gasteiger partial charge in [0.2, 0.25) is 0 Å². The van der Waals surface area contributed by atoms with Crippen LogP contribution in [0.4, 0.5) is 0 Å². The van der Waals surface area contributed by atoms with E-state index in [1.807, 2.05) is 18.2 Å². The van der Waals surface area contributed by atoms with E-state index in [2.05, 4.69) is 10.3 Å². The van der Waals surface area contributed by atoms with Gasteiger partial charge in [-0.05, 0) is 6.07 Å². The molecule has 8 nitrogen and oxygen atoms in total. The molecule has 1 aromatic heterocycles. The van der Waals surface area contributed by atoms with Crippen molar-refractivity contribution in [2.75, 3.05) is 6.54 Å². The summed E-state index contributed by atoms with van der Waals surface area (Å²) in [4.78, 5) is 15.0. The summed E-state index contributed by atoms with van der Waals surface area (Å²) in [6.45, 7) is 0.599. The van der Waals surface area contributed by atoms with Crippen LogP contribution in [-0.2, 0) is 19.5 Å². The van der Waals surface area contributed by atoms with Gasteiger partial charge in [0.05, 0.1) is 10.8 Å². The molecule has 2 N–H and O–H groups in total. The number of fused-ring (bicyclic) bond motifs is 3. The molecule has 3 rings (SSSR count). The summed E-state index contributed by atoms with van der Waals surface area (Å²) in [7, 11) is 0. The van der Waals surface area contributed by atoms with Crippen LogP contribution in [0.3, 0.4) is 0 Å². The van der Waals surface area contributed by atoms with Crippen molar-refractivity contribution in [2.24, 2.45) is 5.92 Å². The van der Waals surface area contributed by atoms with E-state index in [4.69, 9.17) is 11.7 Å². The van der Waals surface area contributed by atoms with Gasteiger partial charge in [-0.15, -0.1) is 12.6 Å². The van der Waals surface area contributed by atoms with Crippen molar-refractivity contribution in [1.82, 2.24) is 4.98 Å². The van der Waals surface area contributed by atoms with Gasteiger partial charge in [-0.25, -0.2) is 0 Å². The second-order valence-electron chi connectivity index (χ2n) is 4.32. The fraction of sp³-hybridized carbons (Fsp3) is 0.250. The standard InChI is InChI=1S/C12H10N3O2.2H2O.O.V/c16-15(17)10-7-8-3-1-5-13-11(8)12-9(10)4-2-6-14-12;;;;/h1-5,7,9,12H,6H2;2*1H2;;/q-1;;;;+2/p-2. The molecule has 21 heavy (non-hydrogen) atoms. The van der Waals surface area contributed by atoms with Gasteiger partial charge in [0.1, 0.15) is 0 Å². The van der Waals surface area contributed by atoms with Gasteiger partial charge in [0, 0.05) is 23.5 Å². The van der Waals surface area contributed by atoms with Gasteiger partial charge in [-0.1, -0.05) is 18.2 Å². The van der Waals surface area contributed by atoms with Crippen LogP contribution in [0.2, 0.25) is 0 Å². The van der Waals surface area contributed by atoms with Crippen molar-refractivity contribution in [3.8, 4) is 0 Å². The van der Waals surface area contributed by atoms with E-state index in [9.17, 15) is 10.1 Å². The molecule has 1 aliphatic heterocycles. The number of hydrogen-bond donors (Lipinski definition) is 2. The molecule has 0 saturated heterocycles. The molecule has 111 valence electrons. The van der Waals surface area contributed by atoms with Crippen molar-refractivity contribution in [2.45, 2.75) is 6.04 Å². The molecule has 0 spiro atoms. The van der Waals surface area contributed by atoms with E-state index < -0.39 is 15.8 Å². The van der Waals surface area contributed by atoms with Gasteiger partial charge in [-0.3, -0.25) is 15.1 Å². The van der Waals surface area contributed by atoms with Crippen molar-refractivity contribution in [3.05, 3.63) is 62.9 Å². The molecule has 0 fully saturated rings. The third-order valence-corrected chi connectivity index (χ3v) is 3.10. The molecule has 2 unspecified atom stereocenters. The van der Waals surface area contributed by atoms with Crippen molar-refractivity contribution < 1.29 is 32.5 Å². The molecule has 1 aliphatic carbocycles. The number of pyridine rings is 1. The monoisotopic (exact) mass is 329 g/mol. The second-order valence-corrected chi connectivity index (χ2v) is 5.11. The minimum absolute atomic E-state index is 0.204.